The Morgan fingerprint density at radius 3 is 2.82 bits per heavy atom. The summed E-state index contributed by atoms with van der Waals surface area (Å²) in [7, 11) is 0. The lowest BCUT2D eigenvalue weighted by Gasteiger charge is -2.14. The number of rotatable bonds is 5. The summed E-state index contributed by atoms with van der Waals surface area (Å²) < 4.78 is 4.83. The molecule has 1 aromatic carbocycles. The standard InChI is InChI=1S/C13H20N2O2/c1-4-14-10(3)11-7-6-8-12(9-11)15-13(16)17-5-2/h6-10,14H,4-5H2,1-3H3,(H,15,16). The second-order valence-corrected chi connectivity index (χ2v) is 3.75. The molecule has 1 atom stereocenters. The van der Waals surface area contributed by atoms with Crippen molar-refractivity contribution in [3.8, 4) is 0 Å². The van der Waals surface area contributed by atoms with E-state index in [1.54, 1.807) is 6.92 Å². The van der Waals surface area contributed by atoms with Crippen molar-refractivity contribution in [3.63, 3.8) is 0 Å². The Balaban J connectivity index is 2.68. The van der Waals surface area contributed by atoms with E-state index in [-0.39, 0.29) is 6.04 Å². The van der Waals surface area contributed by atoms with Crippen molar-refractivity contribution in [1.29, 1.82) is 0 Å². The van der Waals surface area contributed by atoms with Crippen molar-refractivity contribution in [3.05, 3.63) is 29.8 Å². The number of ether oxygens (including phenoxy) is 1. The molecule has 0 aromatic heterocycles. The van der Waals surface area contributed by atoms with E-state index in [1.807, 2.05) is 24.3 Å². The molecule has 0 saturated carbocycles. The second-order valence-electron chi connectivity index (χ2n) is 3.75. The molecule has 0 fully saturated rings. The van der Waals surface area contributed by atoms with Gasteiger partial charge in [-0.1, -0.05) is 19.1 Å². The molecule has 2 N–H and O–H groups in total. The highest BCUT2D eigenvalue weighted by Crippen LogP contribution is 2.17. The van der Waals surface area contributed by atoms with Gasteiger partial charge in [0, 0.05) is 11.7 Å². The summed E-state index contributed by atoms with van der Waals surface area (Å²) in [5, 5.41) is 6.01. The van der Waals surface area contributed by atoms with E-state index in [4.69, 9.17) is 4.74 Å². The van der Waals surface area contributed by atoms with Crippen LogP contribution in [0, 0.1) is 0 Å². The monoisotopic (exact) mass is 236 g/mol. The van der Waals surface area contributed by atoms with Gasteiger partial charge in [0.05, 0.1) is 6.61 Å². The molecule has 0 bridgehead atoms. The molecular weight excluding hydrogens is 216 g/mol. The fourth-order valence-corrected chi connectivity index (χ4v) is 1.59. The quantitative estimate of drug-likeness (QED) is 0.826. The van der Waals surface area contributed by atoms with Crippen molar-refractivity contribution in [1.82, 2.24) is 5.32 Å². The van der Waals surface area contributed by atoms with E-state index >= 15 is 0 Å². The molecular formula is C13H20N2O2. The van der Waals surface area contributed by atoms with Crippen LogP contribution in [0.25, 0.3) is 0 Å². The number of carbonyl (C=O) groups is 1. The van der Waals surface area contributed by atoms with Gasteiger partial charge in [-0.25, -0.2) is 4.79 Å². The fraction of sp³-hybridized carbons (Fsp3) is 0.462. The lowest BCUT2D eigenvalue weighted by Crippen LogP contribution is -2.18. The molecule has 1 unspecified atom stereocenters. The number of carbonyl (C=O) groups excluding carboxylic acids is 1. The number of benzene rings is 1. The van der Waals surface area contributed by atoms with Crippen LogP contribution >= 0.6 is 0 Å². The Morgan fingerprint density at radius 1 is 1.41 bits per heavy atom. The summed E-state index contributed by atoms with van der Waals surface area (Å²) in [6.07, 6.45) is -0.416. The summed E-state index contributed by atoms with van der Waals surface area (Å²) in [6.45, 7) is 7.23. The van der Waals surface area contributed by atoms with Crippen LogP contribution in [-0.4, -0.2) is 19.2 Å². The van der Waals surface area contributed by atoms with Crippen LogP contribution in [0.4, 0.5) is 10.5 Å². The summed E-state index contributed by atoms with van der Waals surface area (Å²) >= 11 is 0. The summed E-state index contributed by atoms with van der Waals surface area (Å²) in [4.78, 5) is 11.3. The van der Waals surface area contributed by atoms with Gasteiger partial charge in [0.25, 0.3) is 0 Å². The molecule has 0 heterocycles. The van der Waals surface area contributed by atoms with Crippen LogP contribution in [0.3, 0.4) is 0 Å². The summed E-state index contributed by atoms with van der Waals surface area (Å²) in [6, 6.07) is 8.02. The largest absolute Gasteiger partial charge is 0.450 e. The number of hydrogen-bond donors (Lipinski definition) is 2. The van der Waals surface area contributed by atoms with Crippen LogP contribution in [0.1, 0.15) is 32.4 Å². The van der Waals surface area contributed by atoms with E-state index in [9.17, 15) is 4.79 Å². The van der Waals surface area contributed by atoms with Gasteiger partial charge in [0.1, 0.15) is 0 Å². The third-order valence-corrected chi connectivity index (χ3v) is 2.42. The Hall–Kier alpha value is -1.55. The van der Waals surface area contributed by atoms with Crippen LogP contribution in [0.2, 0.25) is 0 Å². The van der Waals surface area contributed by atoms with Crippen molar-refractivity contribution < 1.29 is 9.53 Å². The normalized spacial score (nSPS) is 11.9. The SMILES string of the molecule is CCNC(C)c1cccc(NC(=O)OCC)c1. The van der Waals surface area contributed by atoms with E-state index in [0.717, 1.165) is 17.8 Å². The third kappa shape index (κ3) is 4.44. The molecule has 0 aliphatic carbocycles. The highest BCUT2D eigenvalue weighted by atomic mass is 16.5. The van der Waals surface area contributed by atoms with E-state index < -0.39 is 6.09 Å². The minimum Gasteiger partial charge on any atom is -0.450 e. The average Bonchev–Trinajstić information content (AvgIpc) is 2.30. The average molecular weight is 236 g/mol. The Morgan fingerprint density at radius 2 is 2.18 bits per heavy atom. The molecule has 94 valence electrons. The predicted octanol–water partition coefficient (Wildman–Crippen LogP) is 2.93. The van der Waals surface area contributed by atoms with Crippen molar-refractivity contribution in [2.75, 3.05) is 18.5 Å². The Kier molecular flexibility index (Phi) is 5.49. The van der Waals surface area contributed by atoms with E-state index in [1.165, 1.54) is 0 Å². The molecule has 1 rings (SSSR count). The van der Waals surface area contributed by atoms with Crippen molar-refractivity contribution in [2.45, 2.75) is 26.8 Å². The zero-order valence-corrected chi connectivity index (χ0v) is 10.6. The van der Waals surface area contributed by atoms with E-state index in [0.29, 0.717) is 6.61 Å². The first-order chi connectivity index (χ1) is 8.17. The zero-order chi connectivity index (χ0) is 12.7. The molecule has 0 aliphatic rings. The maximum atomic E-state index is 11.3. The smallest absolute Gasteiger partial charge is 0.411 e. The first kappa shape index (κ1) is 13.5. The Labute approximate surface area is 102 Å². The minimum atomic E-state index is -0.416. The maximum Gasteiger partial charge on any atom is 0.411 e. The van der Waals surface area contributed by atoms with Gasteiger partial charge >= 0.3 is 6.09 Å². The van der Waals surface area contributed by atoms with Gasteiger partial charge in [-0.05, 0) is 38.1 Å². The minimum absolute atomic E-state index is 0.268. The lowest BCUT2D eigenvalue weighted by molar-refractivity contribution is 0.168. The van der Waals surface area contributed by atoms with Crippen molar-refractivity contribution >= 4 is 11.8 Å². The van der Waals surface area contributed by atoms with Gasteiger partial charge in [-0.3, -0.25) is 5.32 Å². The Bertz CT molecular complexity index is 366. The lowest BCUT2D eigenvalue weighted by atomic mass is 10.1. The zero-order valence-electron chi connectivity index (χ0n) is 10.6. The molecule has 0 spiro atoms. The topological polar surface area (TPSA) is 50.4 Å². The number of anilines is 1. The first-order valence-electron chi connectivity index (χ1n) is 5.94. The van der Waals surface area contributed by atoms with Gasteiger partial charge in [0.15, 0.2) is 0 Å². The van der Waals surface area contributed by atoms with Gasteiger partial charge < -0.3 is 10.1 Å². The highest BCUT2D eigenvalue weighted by molar-refractivity contribution is 5.84. The first-order valence-corrected chi connectivity index (χ1v) is 5.94. The van der Waals surface area contributed by atoms with Crippen molar-refractivity contribution in [2.24, 2.45) is 0 Å². The van der Waals surface area contributed by atoms with Gasteiger partial charge in [-0.15, -0.1) is 0 Å². The third-order valence-electron chi connectivity index (χ3n) is 2.42. The molecule has 4 nitrogen and oxygen atoms in total. The molecule has 0 saturated heterocycles. The predicted molar refractivity (Wildman–Crippen MR) is 69.2 cm³/mol. The number of hydrogen-bond acceptors (Lipinski definition) is 3. The number of amides is 1. The highest BCUT2D eigenvalue weighted by Gasteiger charge is 2.06. The molecule has 4 heteroatoms. The molecule has 17 heavy (non-hydrogen) atoms. The molecule has 1 aromatic rings. The summed E-state index contributed by atoms with van der Waals surface area (Å²) in [5.41, 5.74) is 1.90. The fourth-order valence-electron chi connectivity index (χ4n) is 1.59. The summed E-state index contributed by atoms with van der Waals surface area (Å²) in [5.74, 6) is 0. The van der Waals surface area contributed by atoms with Crippen LogP contribution < -0.4 is 10.6 Å². The van der Waals surface area contributed by atoms with E-state index in [2.05, 4.69) is 24.5 Å². The van der Waals surface area contributed by atoms with Gasteiger partial charge in [0.2, 0.25) is 0 Å². The maximum absolute atomic E-state index is 11.3. The van der Waals surface area contributed by atoms with Crippen LogP contribution in [-0.2, 0) is 4.74 Å². The second kappa shape index (κ2) is 6.91. The van der Waals surface area contributed by atoms with Crippen LogP contribution in [0.5, 0.6) is 0 Å². The molecule has 0 aliphatic heterocycles. The molecule has 0 radical (unpaired) electrons. The molecule has 1 amide bonds. The van der Waals surface area contributed by atoms with Gasteiger partial charge in [-0.2, -0.15) is 0 Å². The van der Waals surface area contributed by atoms with Crippen LogP contribution in [0.15, 0.2) is 24.3 Å². The number of nitrogens with one attached hydrogen (secondary N) is 2.